The molecule has 0 aromatic heterocycles. The van der Waals surface area contributed by atoms with Gasteiger partial charge in [-0.3, -0.25) is 0 Å². The van der Waals surface area contributed by atoms with Gasteiger partial charge in [-0.05, 0) is 94.8 Å². The molecule has 0 fully saturated rings. The maximum Gasteiger partial charge on any atom is 0.115 e. The molecule has 39 heavy (non-hydrogen) atoms. The van der Waals surface area contributed by atoms with Crippen molar-refractivity contribution in [2.24, 2.45) is 0 Å². The second kappa shape index (κ2) is 11.6. The van der Waals surface area contributed by atoms with E-state index in [0.717, 1.165) is 43.2 Å². The molecular weight excluding hydrogens is 476 g/mol. The summed E-state index contributed by atoms with van der Waals surface area (Å²) in [6, 6.07) is 33.8. The molecule has 0 saturated heterocycles. The molecule has 4 aromatic rings. The largest absolute Gasteiger partial charge is 0.509 e. The quantitative estimate of drug-likeness (QED) is 0.134. The summed E-state index contributed by atoms with van der Waals surface area (Å²) in [4.78, 5) is 0. The number of unbranched alkanes of at least 4 members (excludes halogenated alkanes) is 1. The third kappa shape index (κ3) is 5.33. The fourth-order valence-electron chi connectivity index (χ4n) is 5.97. The molecule has 0 amide bonds. The van der Waals surface area contributed by atoms with Crippen molar-refractivity contribution in [2.45, 2.75) is 44.4 Å². The second-order valence-electron chi connectivity index (χ2n) is 10.3. The van der Waals surface area contributed by atoms with E-state index in [2.05, 4.69) is 92.4 Å². The van der Waals surface area contributed by atoms with Crippen LogP contribution in [0.15, 0.2) is 133 Å². The first-order chi connectivity index (χ1) is 19.0. The molecule has 0 saturated carbocycles. The minimum atomic E-state index is -0.603. The highest BCUT2D eigenvalue weighted by atomic mass is 16.3. The van der Waals surface area contributed by atoms with Crippen LogP contribution in [0.3, 0.4) is 0 Å². The molecule has 2 heteroatoms. The van der Waals surface area contributed by atoms with E-state index in [4.69, 9.17) is 0 Å². The number of phenols is 1. The van der Waals surface area contributed by atoms with Crippen LogP contribution in [0, 0.1) is 0 Å². The topological polar surface area (TPSA) is 40.5 Å². The second-order valence-corrected chi connectivity index (χ2v) is 10.3. The van der Waals surface area contributed by atoms with Gasteiger partial charge in [0.1, 0.15) is 11.5 Å². The summed E-state index contributed by atoms with van der Waals surface area (Å²) in [5.41, 5.74) is 9.29. The first-order valence-electron chi connectivity index (χ1n) is 13.8. The molecule has 196 valence electrons. The highest BCUT2D eigenvalue weighted by Crippen LogP contribution is 2.51. The molecule has 5 rings (SSSR count). The summed E-state index contributed by atoms with van der Waals surface area (Å²) < 4.78 is 0. The SMILES string of the molecule is C=C(O)/C=C\C(=C/CCCc1ccc(CC)cc1)C1(c2ccc(O)cc2)c2ccccc2Cc2ccccc21. The highest BCUT2D eigenvalue weighted by Gasteiger charge is 2.44. The number of phenolic OH excluding ortho intramolecular Hbond substituents is 1. The molecule has 4 aromatic carbocycles. The molecule has 0 radical (unpaired) electrons. The van der Waals surface area contributed by atoms with Crippen LogP contribution < -0.4 is 0 Å². The number of hydrogen-bond donors (Lipinski definition) is 2. The predicted octanol–water partition coefficient (Wildman–Crippen LogP) is 8.77. The van der Waals surface area contributed by atoms with E-state index in [-0.39, 0.29) is 11.5 Å². The Balaban J connectivity index is 1.65. The zero-order valence-corrected chi connectivity index (χ0v) is 22.6. The van der Waals surface area contributed by atoms with Crippen molar-refractivity contribution in [3.63, 3.8) is 0 Å². The van der Waals surface area contributed by atoms with Gasteiger partial charge in [-0.25, -0.2) is 0 Å². The van der Waals surface area contributed by atoms with Crippen LogP contribution in [0.1, 0.15) is 58.7 Å². The number of benzene rings is 4. The van der Waals surface area contributed by atoms with Gasteiger partial charge in [0.25, 0.3) is 0 Å². The van der Waals surface area contributed by atoms with Gasteiger partial charge in [-0.1, -0.05) is 111 Å². The lowest BCUT2D eigenvalue weighted by atomic mass is 9.59. The first kappa shape index (κ1) is 26.3. The van der Waals surface area contributed by atoms with E-state index in [1.165, 1.54) is 33.4 Å². The van der Waals surface area contributed by atoms with Crippen LogP contribution in [0.5, 0.6) is 5.75 Å². The molecule has 0 spiro atoms. The summed E-state index contributed by atoms with van der Waals surface area (Å²) in [5, 5.41) is 20.3. The Morgan fingerprint density at radius 1 is 0.795 bits per heavy atom. The number of aryl methyl sites for hydroxylation is 2. The lowest BCUT2D eigenvalue weighted by Crippen LogP contribution is -2.36. The molecule has 0 bridgehead atoms. The van der Waals surface area contributed by atoms with Crippen LogP contribution in [-0.2, 0) is 24.7 Å². The molecule has 0 atom stereocenters. The summed E-state index contributed by atoms with van der Waals surface area (Å²) in [6.07, 6.45) is 10.9. The predicted molar refractivity (Wildman–Crippen MR) is 161 cm³/mol. The van der Waals surface area contributed by atoms with Gasteiger partial charge in [0.05, 0.1) is 5.41 Å². The average Bonchev–Trinajstić information content (AvgIpc) is 2.96. The van der Waals surface area contributed by atoms with Gasteiger partial charge < -0.3 is 10.2 Å². The molecule has 1 aliphatic rings. The van der Waals surface area contributed by atoms with Crippen molar-refractivity contribution < 1.29 is 10.2 Å². The molecule has 2 N–H and O–H groups in total. The minimum Gasteiger partial charge on any atom is -0.509 e. The van der Waals surface area contributed by atoms with Crippen molar-refractivity contribution in [1.82, 2.24) is 0 Å². The van der Waals surface area contributed by atoms with Gasteiger partial charge in [0.15, 0.2) is 0 Å². The van der Waals surface area contributed by atoms with Crippen LogP contribution >= 0.6 is 0 Å². The summed E-state index contributed by atoms with van der Waals surface area (Å²) >= 11 is 0. The molecule has 0 heterocycles. The number of aliphatic hydroxyl groups is 1. The van der Waals surface area contributed by atoms with E-state index >= 15 is 0 Å². The molecular formula is C37H36O2. The smallest absolute Gasteiger partial charge is 0.115 e. The normalized spacial score (nSPS) is 14.1. The van der Waals surface area contributed by atoms with E-state index in [1.807, 2.05) is 18.2 Å². The number of hydrogen-bond acceptors (Lipinski definition) is 2. The number of rotatable bonds is 9. The summed E-state index contributed by atoms with van der Waals surface area (Å²) in [7, 11) is 0. The van der Waals surface area contributed by atoms with Crippen molar-refractivity contribution in [3.05, 3.63) is 172 Å². The maximum absolute atomic E-state index is 10.2. The van der Waals surface area contributed by atoms with Crippen LogP contribution in [-0.4, -0.2) is 10.2 Å². The number of aliphatic hydroxyl groups excluding tert-OH is 1. The van der Waals surface area contributed by atoms with Gasteiger partial charge in [-0.2, -0.15) is 0 Å². The van der Waals surface area contributed by atoms with Crippen molar-refractivity contribution in [2.75, 3.05) is 0 Å². The Kier molecular flexibility index (Phi) is 7.84. The zero-order chi connectivity index (χ0) is 27.2. The fourth-order valence-corrected chi connectivity index (χ4v) is 5.97. The van der Waals surface area contributed by atoms with E-state index in [1.54, 1.807) is 18.2 Å². The van der Waals surface area contributed by atoms with Crippen LogP contribution in [0.4, 0.5) is 0 Å². The molecule has 1 aliphatic carbocycles. The van der Waals surface area contributed by atoms with Crippen LogP contribution in [0.2, 0.25) is 0 Å². The van der Waals surface area contributed by atoms with E-state index in [0.29, 0.717) is 0 Å². The lowest BCUT2D eigenvalue weighted by molar-refractivity contribution is 0.435. The number of allylic oxidation sites excluding steroid dienone is 4. The fraction of sp³-hybridized carbons (Fsp3) is 0.189. The Morgan fingerprint density at radius 2 is 1.38 bits per heavy atom. The third-order valence-corrected chi connectivity index (χ3v) is 7.88. The number of fused-ring (bicyclic) bond motifs is 2. The Hall–Kier alpha value is -4.30. The van der Waals surface area contributed by atoms with Crippen molar-refractivity contribution in [1.29, 1.82) is 0 Å². The summed E-state index contributed by atoms with van der Waals surface area (Å²) in [6.45, 7) is 5.91. The molecule has 2 nitrogen and oxygen atoms in total. The Bertz CT molecular complexity index is 1460. The number of aromatic hydroxyl groups is 1. The average molecular weight is 513 g/mol. The van der Waals surface area contributed by atoms with Crippen LogP contribution in [0.25, 0.3) is 0 Å². The molecule has 0 aliphatic heterocycles. The minimum absolute atomic E-state index is 0.0233. The van der Waals surface area contributed by atoms with Gasteiger partial charge in [0, 0.05) is 0 Å². The monoisotopic (exact) mass is 512 g/mol. The Morgan fingerprint density at radius 3 is 1.97 bits per heavy atom. The van der Waals surface area contributed by atoms with Crippen molar-refractivity contribution in [3.8, 4) is 5.75 Å². The standard InChI is InChI=1S/C37H36O2/c1-3-28-17-19-29(20-18-28)10-4-7-13-32(21-16-27(2)38)37(33-22-24-34(39)25-23-33)35-14-8-5-11-30(35)26-31-12-6-9-15-36(31)37/h5-6,8-9,11-25,38-39H,2-4,7,10,26H2,1H3/b21-16-,32-13+. The van der Waals surface area contributed by atoms with Gasteiger partial charge in [0.2, 0.25) is 0 Å². The van der Waals surface area contributed by atoms with E-state index in [9.17, 15) is 10.2 Å². The van der Waals surface area contributed by atoms with Gasteiger partial charge in [-0.15, -0.1) is 0 Å². The lowest BCUT2D eigenvalue weighted by Gasteiger charge is -2.43. The van der Waals surface area contributed by atoms with Gasteiger partial charge >= 0.3 is 0 Å². The first-order valence-corrected chi connectivity index (χ1v) is 13.8. The Labute approximate surface area is 232 Å². The summed E-state index contributed by atoms with van der Waals surface area (Å²) in [5.74, 6) is 0.264. The third-order valence-electron chi connectivity index (χ3n) is 7.88. The highest BCUT2D eigenvalue weighted by molar-refractivity contribution is 5.68. The van der Waals surface area contributed by atoms with Crippen molar-refractivity contribution >= 4 is 0 Å². The molecule has 0 unspecified atom stereocenters. The zero-order valence-electron chi connectivity index (χ0n) is 22.6. The maximum atomic E-state index is 10.2. The van der Waals surface area contributed by atoms with E-state index < -0.39 is 5.41 Å².